The van der Waals surface area contributed by atoms with Crippen LogP contribution in [0.1, 0.15) is 24.8 Å². The molecule has 2 heterocycles. The van der Waals surface area contributed by atoms with Gasteiger partial charge in [0.2, 0.25) is 5.82 Å². The zero-order chi connectivity index (χ0) is 14.8. The van der Waals surface area contributed by atoms with Crippen molar-refractivity contribution in [3.05, 3.63) is 27.9 Å². The van der Waals surface area contributed by atoms with Crippen molar-refractivity contribution in [3.63, 3.8) is 0 Å². The molecule has 0 bridgehead atoms. The summed E-state index contributed by atoms with van der Waals surface area (Å²) in [7, 11) is 0. The van der Waals surface area contributed by atoms with Crippen molar-refractivity contribution in [1.82, 2.24) is 9.88 Å². The number of nitrogens with zero attached hydrogens (tertiary/aromatic N) is 4. The Bertz CT molecular complexity index is 594. The summed E-state index contributed by atoms with van der Waals surface area (Å²) in [6, 6.07) is 3.98. The minimum absolute atomic E-state index is 0.0449. The Hall–Kier alpha value is -2.20. The highest BCUT2D eigenvalue weighted by molar-refractivity contribution is 5.64. The molecule has 3 rings (SSSR count). The highest BCUT2D eigenvalue weighted by atomic mass is 16.6. The molecule has 2 aliphatic rings. The van der Waals surface area contributed by atoms with Crippen LogP contribution in [0.5, 0.6) is 0 Å². The topological polar surface area (TPSA) is 95.1 Å². The van der Waals surface area contributed by atoms with Gasteiger partial charge in [0.1, 0.15) is 11.6 Å². The van der Waals surface area contributed by atoms with E-state index in [4.69, 9.17) is 5.26 Å². The SMILES string of the molecule is N#Cc1ccnc(NCC2CCN(C3CC3)C2)c1[N+](=O)[O-]. The molecular weight excluding hydrogens is 270 g/mol. The zero-order valence-electron chi connectivity index (χ0n) is 11.7. The maximum absolute atomic E-state index is 11.1. The third kappa shape index (κ3) is 2.95. The quantitative estimate of drug-likeness (QED) is 0.655. The normalized spacial score (nSPS) is 22.0. The molecule has 1 saturated carbocycles. The molecule has 110 valence electrons. The number of nitrogens with one attached hydrogen (secondary N) is 1. The number of anilines is 1. The fraction of sp³-hybridized carbons (Fsp3) is 0.571. The summed E-state index contributed by atoms with van der Waals surface area (Å²) in [5.41, 5.74) is -0.180. The van der Waals surface area contributed by atoms with Crippen molar-refractivity contribution in [3.8, 4) is 6.07 Å². The van der Waals surface area contributed by atoms with Gasteiger partial charge in [0.05, 0.1) is 4.92 Å². The first-order chi connectivity index (χ1) is 10.2. The minimum Gasteiger partial charge on any atom is -0.364 e. The van der Waals surface area contributed by atoms with Crippen LogP contribution in [0.3, 0.4) is 0 Å². The molecule has 1 N–H and O–H groups in total. The molecule has 1 aliphatic carbocycles. The Morgan fingerprint density at radius 2 is 2.33 bits per heavy atom. The van der Waals surface area contributed by atoms with Gasteiger partial charge in [-0.25, -0.2) is 4.98 Å². The fourth-order valence-electron chi connectivity index (χ4n) is 2.90. The fourth-order valence-corrected chi connectivity index (χ4v) is 2.90. The van der Waals surface area contributed by atoms with E-state index in [1.54, 1.807) is 0 Å². The Morgan fingerprint density at radius 1 is 1.52 bits per heavy atom. The van der Waals surface area contributed by atoms with Crippen molar-refractivity contribution in [1.29, 1.82) is 5.26 Å². The van der Waals surface area contributed by atoms with Crippen molar-refractivity contribution in [2.24, 2.45) is 5.92 Å². The highest BCUT2D eigenvalue weighted by Gasteiger charge is 2.34. The predicted molar refractivity (Wildman–Crippen MR) is 76.8 cm³/mol. The van der Waals surface area contributed by atoms with Crippen LogP contribution in [-0.4, -0.2) is 40.5 Å². The second-order valence-corrected chi connectivity index (χ2v) is 5.69. The van der Waals surface area contributed by atoms with Crippen LogP contribution < -0.4 is 5.32 Å². The lowest BCUT2D eigenvalue weighted by Crippen LogP contribution is -2.25. The van der Waals surface area contributed by atoms with Gasteiger partial charge >= 0.3 is 5.69 Å². The molecule has 21 heavy (non-hydrogen) atoms. The molecule has 1 unspecified atom stereocenters. The van der Waals surface area contributed by atoms with E-state index in [2.05, 4.69) is 15.2 Å². The van der Waals surface area contributed by atoms with Crippen molar-refractivity contribution in [2.75, 3.05) is 25.0 Å². The molecule has 1 aliphatic heterocycles. The van der Waals surface area contributed by atoms with E-state index in [-0.39, 0.29) is 17.1 Å². The molecule has 1 aromatic heterocycles. The van der Waals surface area contributed by atoms with E-state index >= 15 is 0 Å². The molecule has 2 fully saturated rings. The maximum atomic E-state index is 11.1. The van der Waals surface area contributed by atoms with E-state index in [1.807, 2.05) is 6.07 Å². The monoisotopic (exact) mass is 287 g/mol. The lowest BCUT2D eigenvalue weighted by Gasteiger charge is -2.15. The average molecular weight is 287 g/mol. The Balaban J connectivity index is 1.65. The Labute approximate surface area is 122 Å². The van der Waals surface area contributed by atoms with E-state index in [0.29, 0.717) is 12.5 Å². The van der Waals surface area contributed by atoms with E-state index < -0.39 is 4.92 Å². The summed E-state index contributed by atoms with van der Waals surface area (Å²) in [6.45, 7) is 2.82. The number of hydrogen-bond acceptors (Lipinski definition) is 6. The first-order valence-electron chi connectivity index (χ1n) is 7.20. The van der Waals surface area contributed by atoms with Crippen LogP contribution in [0.4, 0.5) is 11.5 Å². The first-order valence-corrected chi connectivity index (χ1v) is 7.20. The van der Waals surface area contributed by atoms with Crippen molar-refractivity contribution in [2.45, 2.75) is 25.3 Å². The lowest BCUT2D eigenvalue weighted by atomic mass is 10.1. The van der Waals surface area contributed by atoms with Gasteiger partial charge in [-0.15, -0.1) is 0 Å². The Morgan fingerprint density at radius 3 is 3.00 bits per heavy atom. The zero-order valence-corrected chi connectivity index (χ0v) is 11.7. The standard InChI is InChI=1S/C14H17N5O2/c15-7-11-3-5-16-14(13(11)19(20)21)17-8-10-4-6-18(9-10)12-1-2-12/h3,5,10,12H,1-2,4,6,8-9H2,(H,16,17). The van der Waals surface area contributed by atoms with Crippen LogP contribution >= 0.6 is 0 Å². The number of hydrogen-bond donors (Lipinski definition) is 1. The van der Waals surface area contributed by atoms with Gasteiger partial charge in [-0.05, 0) is 37.8 Å². The third-order valence-corrected chi connectivity index (χ3v) is 4.17. The van der Waals surface area contributed by atoms with Crippen LogP contribution in [0.15, 0.2) is 12.3 Å². The molecule has 1 atom stereocenters. The number of rotatable bonds is 5. The molecular formula is C14H17N5O2. The van der Waals surface area contributed by atoms with E-state index in [1.165, 1.54) is 25.1 Å². The highest BCUT2D eigenvalue weighted by Crippen LogP contribution is 2.32. The van der Waals surface area contributed by atoms with Gasteiger partial charge in [-0.3, -0.25) is 10.1 Å². The predicted octanol–water partition coefficient (Wildman–Crippen LogP) is 1.76. The molecule has 0 amide bonds. The maximum Gasteiger partial charge on any atom is 0.328 e. The second kappa shape index (κ2) is 5.66. The summed E-state index contributed by atoms with van der Waals surface area (Å²) in [6.07, 6.45) is 5.14. The average Bonchev–Trinajstić information content (AvgIpc) is 3.23. The van der Waals surface area contributed by atoms with Gasteiger partial charge in [0.15, 0.2) is 0 Å². The summed E-state index contributed by atoms with van der Waals surface area (Å²) in [5.74, 6) is 0.682. The van der Waals surface area contributed by atoms with E-state index in [0.717, 1.165) is 25.6 Å². The summed E-state index contributed by atoms with van der Waals surface area (Å²) in [4.78, 5) is 17.1. The van der Waals surface area contributed by atoms with Gasteiger partial charge in [0, 0.05) is 25.3 Å². The van der Waals surface area contributed by atoms with Crippen LogP contribution in [0.25, 0.3) is 0 Å². The van der Waals surface area contributed by atoms with Gasteiger partial charge in [-0.1, -0.05) is 0 Å². The van der Waals surface area contributed by atoms with Gasteiger partial charge in [-0.2, -0.15) is 5.26 Å². The smallest absolute Gasteiger partial charge is 0.328 e. The largest absolute Gasteiger partial charge is 0.364 e. The number of nitro groups is 1. The van der Waals surface area contributed by atoms with Crippen molar-refractivity contribution < 1.29 is 4.92 Å². The van der Waals surface area contributed by atoms with E-state index in [9.17, 15) is 10.1 Å². The second-order valence-electron chi connectivity index (χ2n) is 5.69. The van der Waals surface area contributed by atoms with Crippen LogP contribution in [0.2, 0.25) is 0 Å². The molecule has 1 aromatic rings. The van der Waals surface area contributed by atoms with Gasteiger partial charge in [0.25, 0.3) is 0 Å². The summed E-state index contributed by atoms with van der Waals surface area (Å²) < 4.78 is 0. The summed E-state index contributed by atoms with van der Waals surface area (Å²) in [5, 5.41) is 23.1. The first kappa shape index (κ1) is 13.8. The molecule has 0 radical (unpaired) electrons. The van der Waals surface area contributed by atoms with Gasteiger partial charge < -0.3 is 10.2 Å². The Kier molecular flexibility index (Phi) is 3.71. The number of nitriles is 1. The molecule has 1 saturated heterocycles. The van der Waals surface area contributed by atoms with Crippen molar-refractivity contribution >= 4 is 11.5 Å². The number of pyridine rings is 1. The third-order valence-electron chi connectivity index (χ3n) is 4.17. The number of aromatic nitrogens is 1. The van der Waals surface area contributed by atoms with Crippen LogP contribution in [0, 0.1) is 27.4 Å². The lowest BCUT2D eigenvalue weighted by molar-refractivity contribution is -0.384. The van der Waals surface area contributed by atoms with Crippen LogP contribution in [-0.2, 0) is 0 Å². The molecule has 0 aromatic carbocycles. The molecule has 0 spiro atoms. The molecule has 7 nitrogen and oxygen atoms in total. The molecule has 7 heteroatoms. The summed E-state index contributed by atoms with van der Waals surface area (Å²) >= 11 is 0. The number of likely N-dealkylation sites (tertiary alicyclic amines) is 1. The minimum atomic E-state index is -0.543.